The van der Waals surface area contributed by atoms with E-state index in [1.165, 1.54) is 21.1 Å². The number of carbonyl (C=O) groups is 2. The Bertz CT molecular complexity index is 1420. The summed E-state index contributed by atoms with van der Waals surface area (Å²) in [4.78, 5) is 32.7. The molecule has 0 saturated carbocycles. The molecule has 9 nitrogen and oxygen atoms in total. The third-order valence-electron chi connectivity index (χ3n) is 5.46. The Kier molecular flexibility index (Phi) is 6.74. The Labute approximate surface area is 206 Å². The van der Waals surface area contributed by atoms with Crippen molar-refractivity contribution in [2.45, 2.75) is 33.8 Å². The molecule has 1 aromatic carbocycles. The number of hydrogen-bond donors (Lipinski definition) is 1. The van der Waals surface area contributed by atoms with Gasteiger partial charge in [0.1, 0.15) is 0 Å². The van der Waals surface area contributed by atoms with Crippen molar-refractivity contribution in [1.29, 1.82) is 0 Å². The van der Waals surface area contributed by atoms with E-state index < -0.39 is 18.0 Å². The van der Waals surface area contributed by atoms with Crippen molar-refractivity contribution in [2.75, 3.05) is 19.5 Å². The van der Waals surface area contributed by atoms with E-state index in [-0.39, 0.29) is 11.3 Å². The monoisotopic (exact) mass is 495 g/mol. The number of carbonyl (C=O) groups excluding carboxylic acids is 2. The second-order valence-corrected chi connectivity index (χ2v) is 9.40. The first-order chi connectivity index (χ1) is 16.7. The lowest BCUT2D eigenvalue weighted by molar-refractivity contribution is -0.123. The van der Waals surface area contributed by atoms with Crippen molar-refractivity contribution < 1.29 is 28.3 Å². The van der Waals surface area contributed by atoms with Crippen LogP contribution in [0.2, 0.25) is 0 Å². The molecule has 0 aliphatic carbocycles. The lowest BCUT2D eigenvalue weighted by Crippen LogP contribution is -2.30. The van der Waals surface area contributed by atoms with Crippen molar-refractivity contribution in [1.82, 2.24) is 10.1 Å². The van der Waals surface area contributed by atoms with E-state index in [2.05, 4.69) is 15.5 Å². The molecule has 4 rings (SSSR count). The molecule has 1 unspecified atom stereocenters. The fourth-order valence-electron chi connectivity index (χ4n) is 3.71. The van der Waals surface area contributed by atoms with Crippen molar-refractivity contribution in [3.05, 3.63) is 51.3 Å². The Morgan fingerprint density at radius 3 is 2.46 bits per heavy atom. The highest BCUT2D eigenvalue weighted by Gasteiger charge is 2.25. The van der Waals surface area contributed by atoms with E-state index in [1.54, 1.807) is 42.5 Å². The molecule has 1 amide bonds. The molecule has 10 heteroatoms. The normalized spacial score (nSPS) is 11.8. The molecule has 4 aromatic rings. The molecule has 1 atom stereocenters. The van der Waals surface area contributed by atoms with E-state index in [0.29, 0.717) is 34.0 Å². The van der Waals surface area contributed by atoms with Gasteiger partial charge < -0.3 is 24.1 Å². The van der Waals surface area contributed by atoms with Crippen LogP contribution in [0.5, 0.6) is 11.5 Å². The summed E-state index contributed by atoms with van der Waals surface area (Å²) in [6, 6.07) is 8.62. The van der Waals surface area contributed by atoms with Gasteiger partial charge in [0.25, 0.3) is 11.6 Å². The average molecular weight is 496 g/mol. The Balaban J connectivity index is 1.59. The first-order valence-corrected chi connectivity index (χ1v) is 11.6. The average Bonchev–Trinajstić information content (AvgIpc) is 3.38. The number of benzene rings is 1. The van der Waals surface area contributed by atoms with Gasteiger partial charge in [-0.15, -0.1) is 11.3 Å². The molecule has 3 heterocycles. The Hall–Kier alpha value is -3.92. The quantitative estimate of drug-likeness (QED) is 0.353. The van der Waals surface area contributed by atoms with Gasteiger partial charge in [0, 0.05) is 27.1 Å². The van der Waals surface area contributed by atoms with Gasteiger partial charge in [0.15, 0.2) is 17.6 Å². The number of aryl methyl sites for hydroxylation is 3. The van der Waals surface area contributed by atoms with Crippen molar-refractivity contribution in [3.8, 4) is 22.8 Å². The molecule has 0 fully saturated rings. The van der Waals surface area contributed by atoms with Gasteiger partial charge in [-0.25, -0.2) is 9.78 Å². The molecular formula is C25H25N3O6S. The number of fused-ring (bicyclic) bond motifs is 1. The largest absolute Gasteiger partial charge is 0.493 e. The van der Waals surface area contributed by atoms with Crippen LogP contribution < -0.4 is 14.8 Å². The SMILES string of the molecule is COc1ccc(NC(=O)C(C)OC(=O)c2cc(-c3cc(C)sc3C)nc3onc(C)c23)cc1OC. The summed E-state index contributed by atoms with van der Waals surface area (Å²) >= 11 is 1.64. The van der Waals surface area contributed by atoms with E-state index in [4.69, 9.17) is 18.7 Å². The van der Waals surface area contributed by atoms with Gasteiger partial charge in [-0.3, -0.25) is 4.79 Å². The molecule has 35 heavy (non-hydrogen) atoms. The second kappa shape index (κ2) is 9.75. The highest BCUT2D eigenvalue weighted by Crippen LogP contribution is 2.33. The number of anilines is 1. The number of aromatic nitrogens is 2. The van der Waals surface area contributed by atoms with Crippen LogP contribution in [0.25, 0.3) is 22.4 Å². The van der Waals surface area contributed by atoms with E-state index in [0.717, 1.165) is 15.3 Å². The zero-order chi connectivity index (χ0) is 25.3. The molecule has 0 spiro atoms. The molecule has 3 aromatic heterocycles. The minimum atomic E-state index is -1.08. The number of rotatable bonds is 7. The molecular weight excluding hydrogens is 470 g/mol. The molecule has 0 bridgehead atoms. The van der Waals surface area contributed by atoms with E-state index in [1.807, 2.05) is 19.9 Å². The molecule has 0 saturated heterocycles. The Morgan fingerprint density at radius 1 is 1.06 bits per heavy atom. The van der Waals surface area contributed by atoms with Gasteiger partial charge in [-0.1, -0.05) is 5.16 Å². The maximum absolute atomic E-state index is 13.2. The maximum Gasteiger partial charge on any atom is 0.339 e. The van der Waals surface area contributed by atoms with Gasteiger partial charge in [-0.2, -0.15) is 0 Å². The van der Waals surface area contributed by atoms with Crippen LogP contribution in [0.15, 0.2) is 34.9 Å². The summed E-state index contributed by atoms with van der Waals surface area (Å²) < 4.78 is 21.4. The molecule has 0 aliphatic rings. The Morgan fingerprint density at radius 2 is 1.80 bits per heavy atom. The number of pyridine rings is 1. The van der Waals surface area contributed by atoms with Crippen LogP contribution >= 0.6 is 11.3 Å². The predicted molar refractivity (Wildman–Crippen MR) is 132 cm³/mol. The smallest absolute Gasteiger partial charge is 0.339 e. The summed E-state index contributed by atoms with van der Waals surface area (Å²) in [6.07, 6.45) is -1.08. The summed E-state index contributed by atoms with van der Waals surface area (Å²) in [7, 11) is 3.03. The van der Waals surface area contributed by atoms with Crippen molar-refractivity contribution in [2.24, 2.45) is 0 Å². The summed E-state index contributed by atoms with van der Waals surface area (Å²) in [6.45, 7) is 7.21. The summed E-state index contributed by atoms with van der Waals surface area (Å²) in [5.74, 6) is -0.182. The maximum atomic E-state index is 13.2. The van der Waals surface area contributed by atoms with Crippen LogP contribution in [0, 0.1) is 20.8 Å². The lowest BCUT2D eigenvalue weighted by atomic mass is 10.1. The van der Waals surface area contributed by atoms with E-state index >= 15 is 0 Å². The van der Waals surface area contributed by atoms with Gasteiger partial charge >= 0.3 is 5.97 Å². The van der Waals surface area contributed by atoms with Gasteiger partial charge in [0.2, 0.25) is 0 Å². The molecule has 0 aliphatic heterocycles. The van der Waals surface area contributed by atoms with Crippen molar-refractivity contribution >= 4 is 40.0 Å². The predicted octanol–water partition coefficient (Wildman–Crippen LogP) is 5.08. The van der Waals surface area contributed by atoms with Crippen molar-refractivity contribution in [3.63, 3.8) is 0 Å². The molecule has 182 valence electrons. The first-order valence-electron chi connectivity index (χ1n) is 10.8. The minimum absolute atomic E-state index is 0.234. The fraction of sp³-hybridized carbons (Fsp3) is 0.280. The number of nitrogens with zero attached hydrogens (tertiary/aromatic N) is 2. The summed E-state index contributed by atoms with van der Waals surface area (Å²) in [5.41, 5.74) is 2.92. The van der Waals surface area contributed by atoms with Gasteiger partial charge in [-0.05, 0) is 52.0 Å². The fourth-order valence-corrected chi connectivity index (χ4v) is 4.65. The topological polar surface area (TPSA) is 113 Å². The first kappa shape index (κ1) is 24.2. The second-order valence-electron chi connectivity index (χ2n) is 7.94. The summed E-state index contributed by atoms with van der Waals surface area (Å²) in [5, 5.41) is 7.13. The number of methoxy groups -OCH3 is 2. The lowest BCUT2D eigenvalue weighted by Gasteiger charge is -2.15. The molecule has 0 radical (unpaired) electrons. The highest BCUT2D eigenvalue weighted by atomic mass is 32.1. The van der Waals surface area contributed by atoms with Crippen LogP contribution in [-0.2, 0) is 9.53 Å². The van der Waals surface area contributed by atoms with Crippen LogP contribution in [0.4, 0.5) is 5.69 Å². The zero-order valence-corrected chi connectivity index (χ0v) is 21.0. The number of nitrogens with one attached hydrogen (secondary N) is 1. The van der Waals surface area contributed by atoms with Crippen LogP contribution in [-0.4, -0.2) is 42.3 Å². The third kappa shape index (κ3) is 4.83. The number of esters is 1. The third-order valence-corrected chi connectivity index (χ3v) is 6.42. The number of hydrogen-bond acceptors (Lipinski definition) is 9. The number of amides is 1. The minimum Gasteiger partial charge on any atom is -0.493 e. The van der Waals surface area contributed by atoms with Gasteiger partial charge in [0.05, 0.1) is 36.6 Å². The standard InChI is InChI=1S/C25H25N3O6S/c1-12-9-17(15(4)35-12)19-11-18(22-13(2)28-34-24(22)27-19)25(30)33-14(3)23(29)26-16-7-8-20(31-5)21(10-16)32-6/h7-11,14H,1-6H3,(H,26,29). The molecule has 1 N–H and O–H groups in total. The number of thiophene rings is 1. The zero-order valence-electron chi connectivity index (χ0n) is 20.2. The van der Waals surface area contributed by atoms with Crippen LogP contribution in [0.1, 0.15) is 32.7 Å². The van der Waals surface area contributed by atoms with E-state index in [9.17, 15) is 9.59 Å². The number of ether oxygens (including phenoxy) is 3. The highest BCUT2D eigenvalue weighted by molar-refractivity contribution is 7.12. The van der Waals surface area contributed by atoms with Crippen LogP contribution in [0.3, 0.4) is 0 Å².